The van der Waals surface area contributed by atoms with E-state index in [1.165, 1.54) is 23.1 Å². The molecule has 0 saturated carbocycles. The summed E-state index contributed by atoms with van der Waals surface area (Å²) in [5.74, 6) is -0.129. The van der Waals surface area contributed by atoms with Gasteiger partial charge in [-0.2, -0.15) is 8.78 Å². The fourth-order valence-electron chi connectivity index (χ4n) is 4.01. The van der Waals surface area contributed by atoms with Crippen LogP contribution in [0, 0.1) is 5.92 Å². The van der Waals surface area contributed by atoms with Gasteiger partial charge in [0.05, 0.1) is 17.0 Å². The highest BCUT2D eigenvalue weighted by atomic mass is 35.5. The number of halogens is 3. The number of likely N-dealkylation sites (tertiary alicyclic amines) is 1. The van der Waals surface area contributed by atoms with Crippen molar-refractivity contribution in [3.63, 3.8) is 0 Å². The van der Waals surface area contributed by atoms with Crippen LogP contribution in [0.4, 0.5) is 13.6 Å². The molecule has 3 rings (SSSR count). The maximum absolute atomic E-state index is 14.4. The minimum Gasteiger partial charge on any atom is -0.445 e. The quantitative estimate of drug-likeness (QED) is 0.402. The number of carbonyl (C=O) groups is 2. The first-order valence-corrected chi connectivity index (χ1v) is 12.1. The van der Waals surface area contributed by atoms with Crippen LogP contribution in [0.1, 0.15) is 48.0 Å². The van der Waals surface area contributed by atoms with Gasteiger partial charge in [0.1, 0.15) is 12.4 Å². The molecule has 0 unspecified atom stereocenters. The number of amides is 2. The van der Waals surface area contributed by atoms with Crippen molar-refractivity contribution in [2.45, 2.75) is 44.8 Å². The van der Waals surface area contributed by atoms with E-state index in [1.807, 2.05) is 30.3 Å². The highest BCUT2D eigenvalue weighted by Crippen LogP contribution is 2.32. The first kappa shape index (κ1) is 26.7. The first-order valence-electron chi connectivity index (χ1n) is 11.7. The molecule has 0 bridgehead atoms. The van der Waals surface area contributed by atoms with Gasteiger partial charge >= 0.3 is 12.2 Å². The molecule has 0 aliphatic carbocycles. The third-order valence-corrected chi connectivity index (χ3v) is 6.32. The Morgan fingerprint density at radius 3 is 2.43 bits per heavy atom. The van der Waals surface area contributed by atoms with Gasteiger partial charge in [-0.15, -0.1) is 0 Å². The summed E-state index contributed by atoms with van der Waals surface area (Å²) in [6.45, 7) is 1.35. The summed E-state index contributed by atoms with van der Waals surface area (Å²) in [7, 11) is 3.16. The fourth-order valence-corrected chi connectivity index (χ4v) is 4.26. The molecule has 0 spiro atoms. The molecule has 2 aromatic carbocycles. The number of piperidine rings is 1. The molecular formula is C26H31ClF2N2O4. The molecule has 1 saturated heterocycles. The Labute approximate surface area is 209 Å². The summed E-state index contributed by atoms with van der Waals surface area (Å²) in [5.41, 5.74) is 1.15. The zero-order valence-electron chi connectivity index (χ0n) is 20.0. The predicted octanol–water partition coefficient (Wildman–Crippen LogP) is 6.23. The predicted molar refractivity (Wildman–Crippen MR) is 130 cm³/mol. The van der Waals surface area contributed by atoms with Gasteiger partial charge in [0.2, 0.25) is 0 Å². The van der Waals surface area contributed by atoms with E-state index in [0.717, 1.165) is 18.4 Å². The summed E-state index contributed by atoms with van der Waals surface area (Å²) >= 11 is 6.08. The average Bonchev–Trinajstić information content (AvgIpc) is 2.83. The van der Waals surface area contributed by atoms with Crippen LogP contribution in [0.3, 0.4) is 0 Å². The summed E-state index contributed by atoms with van der Waals surface area (Å²) in [5, 5.41) is 0.0612. The molecule has 0 N–H and O–H groups in total. The van der Waals surface area contributed by atoms with Crippen LogP contribution in [-0.4, -0.2) is 55.1 Å². The molecule has 1 fully saturated rings. The van der Waals surface area contributed by atoms with E-state index in [9.17, 15) is 18.4 Å². The van der Waals surface area contributed by atoms with Crippen LogP contribution < -0.4 is 4.74 Å². The van der Waals surface area contributed by atoms with Crippen LogP contribution in [-0.2, 0) is 11.3 Å². The second-order valence-corrected chi connectivity index (χ2v) is 9.35. The molecule has 0 radical (unpaired) electrons. The Morgan fingerprint density at radius 2 is 1.80 bits per heavy atom. The van der Waals surface area contributed by atoms with E-state index in [-0.39, 0.29) is 40.9 Å². The van der Waals surface area contributed by atoms with Crippen molar-refractivity contribution in [1.29, 1.82) is 0 Å². The van der Waals surface area contributed by atoms with E-state index in [4.69, 9.17) is 21.1 Å². The standard InChI is InChI=1S/C26H31ClF2N2O4/c1-30(2)24(32)22-11-10-21(17-23(22)27)35-26(28,29)14-6-9-19-12-15-31(16-13-19)25(33)34-18-20-7-4-3-5-8-20/h3-5,7-8,10-11,17,19H,6,9,12-16,18H2,1-2H3. The third-order valence-electron chi connectivity index (χ3n) is 6.00. The number of benzene rings is 2. The zero-order chi connectivity index (χ0) is 25.4. The van der Waals surface area contributed by atoms with Crippen LogP contribution in [0.15, 0.2) is 48.5 Å². The summed E-state index contributed by atoms with van der Waals surface area (Å²) in [4.78, 5) is 27.3. The summed E-state index contributed by atoms with van der Waals surface area (Å²) in [6, 6.07) is 13.4. The molecule has 35 heavy (non-hydrogen) atoms. The topological polar surface area (TPSA) is 59.1 Å². The highest BCUT2D eigenvalue weighted by Gasteiger charge is 2.32. The Hall–Kier alpha value is -2.87. The lowest BCUT2D eigenvalue weighted by Crippen LogP contribution is -2.38. The Morgan fingerprint density at radius 1 is 1.11 bits per heavy atom. The molecule has 0 aromatic heterocycles. The minimum atomic E-state index is -3.35. The van der Waals surface area contributed by atoms with Crippen molar-refractivity contribution >= 4 is 23.6 Å². The molecule has 1 heterocycles. The van der Waals surface area contributed by atoms with Gasteiger partial charge in [0.25, 0.3) is 5.91 Å². The molecule has 9 heteroatoms. The van der Waals surface area contributed by atoms with Crippen molar-refractivity contribution in [3.05, 3.63) is 64.7 Å². The van der Waals surface area contributed by atoms with Crippen molar-refractivity contribution in [1.82, 2.24) is 9.80 Å². The number of hydrogen-bond acceptors (Lipinski definition) is 4. The molecular weight excluding hydrogens is 478 g/mol. The lowest BCUT2D eigenvalue weighted by Gasteiger charge is -2.31. The van der Waals surface area contributed by atoms with Crippen LogP contribution in [0.25, 0.3) is 0 Å². The van der Waals surface area contributed by atoms with Gasteiger partial charge in [-0.05, 0) is 55.4 Å². The molecule has 1 aliphatic heterocycles. The Balaban J connectivity index is 1.38. The molecule has 1 aliphatic rings. The maximum Gasteiger partial charge on any atom is 0.410 e. The van der Waals surface area contributed by atoms with Gasteiger partial charge in [-0.3, -0.25) is 4.79 Å². The number of nitrogens with zero attached hydrogens (tertiary/aromatic N) is 2. The number of carbonyl (C=O) groups excluding carboxylic acids is 2. The Kier molecular flexibility index (Phi) is 9.32. The molecule has 2 aromatic rings. The first-order chi connectivity index (χ1) is 16.6. The monoisotopic (exact) mass is 508 g/mol. The largest absolute Gasteiger partial charge is 0.445 e. The number of rotatable bonds is 9. The maximum atomic E-state index is 14.4. The second kappa shape index (κ2) is 12.2. The smallest absolute Gasteiger partial charge is 0.410 e. The molecule has 2 amide bonds. The zero-order valence-corrected chi connectivity index (χ0v) is 20.8. The van der Waals surface area contributed by atoms with Gasteiger partial charge in [-0.1, -0.05) is 41.9 Å². The van der Waals surface area contributed by atoms with Crippen LogP contribution in [0.2, 0.25) is 5.02 Å². The Bertz CT molecular complexity index is 996. The second-order valence-electron chi connectivity index (χ2n) is 8.94. The van der Waals surface area contributed by atoms with Crippen LogP contribution >= 0.6 is 11.6 Å². The third kappa shape index (κ3) is 8.09. The molecule has 6 nitrogen and oxygen atoms in total. The van der Waals surface area contributed by atoms with Gasteiger partial charge in [0.15, 0.2) is 0 Å². The van der Waals surface area contributed by atoms with E-state index < -0.39 is 12.5 Å². The number of ether oxygens (including phenoxy) is 2. The molecule has 190 valence electrons. The summed E-state index contributed by atoms with van der Waals surface area (Å²) in [6.07, 6.45) is -1.69. The fraction of sp³-hybridized carbons (Fsp3) is 0.462. The lowest BCUT2D eigenvalue weighted by atomic mass is 9.91. The number of alkyl halides is 2. The summed E-state index contributed by atoms with van der Waals surface area (Å²) < 4.78 is 39.0. The van der Waals surface area contributed by atoms with E-state index in [1.54, 1.807) is 19.0 Å². The SMILES string of the molecule is CN(C)C(=O)c1ccc(OC(F)(F)CCCC2CCN(C(=O)OCc3ccccc3)CC2)cc1Cl. The van der Waals surface area contributed by atoms with Crippen LogP contribution in [0.5, 0.6) is 5.75 Å². The van der Waals surface area contributed by atoms with Gasteiger partial charge < -0.3 is 19.3 Å². The van der Waals surface area contributed by atoms with Gasteiger partial charge in [0, 0.05) is 27.2 Å². The van der Waals surface area contributed by atoms with Crippen molar-refractivity contribution in [2.24, 2.45) is 5.92 Å². The van der Waals surface area contributed by atoms with E-state index >= 15 is 0 Å². The lowest BCUT2D eigenvalue weighted by molar-refractivity contribution is -0.181. The van der Waals surface area contributed by atoms with Crippen molar-refractivity contribution in [2.75, 3.05) is 27.2 Å². The molecule has 0 atom stereocenters. The average molecular weight is 509 g/mol. The highest BCUT2D eigenvalue weighted by molar-refractivity contribution is 6.34. The van der Waals surface area contributed by atoms with Crippen molar-refractivity contribution < 1.29 is 27.8 Å². The minimum absolute atomic E-state index is 0.0612. The van der Waals surface area contributed by atoms with E-state index in [0.29, 0.717) is 25.9 Å². The van der Waals surface area contributed by atoms with E-state index in [2.05, 4.69) is 0 Å². The van der Waals surface area contributed by atoms with Gasteiger partial charge in [-0.25, -0.2) is 4.79 Å². The number of hydrogen-bond donors (Lipinski definition) is 0. The normalized spacial score (nSPS) is 14.5. The van der Waals surface area contributed by atoms with Crippen molar-refractivity contribution in [3.8, 4) is 5.75 Å².